The SMILES string of the molecule is CN(C)c1nc2nsnc2c(=O)[nH]1. The summed E-state index contributed by atoms with van der Waals surface area (Å²) < 4.78 is 7.72. The van der Waals surface area contributed by atoms with E-state index in [0.717, 1.165) is 11.7 Å². The summed E-state index contributed by atoms with van der Waals surface area (Å²) in [7, 11) is 3.59. The van der Waals surface area contributed by atoms with Gasteiger partial charge in [-0.3, -0.25) is 9.78 Å². The second kappa shape index (κ2) is 2.77. The minimum Gasteiger partial charge on any atom is -0.348 e. The highest BCUT2D eigenvalue weighted by molar-refractivity contribution is 7.00. The molecular weight excluding hydrogens is 190 g/mol. The van der Waals surface area contributed by atoms with Crippen LogP contribution in [0.25, 0.3) is 11.2 Å². The summed E-state index contributed by atoms with van der Waals surface area (Å²) in [5.41, 5.74) is 0.454. The number of rotatable bonds is 1. The lowest BCUT2D eigenvalue weighted by atomic mass is 10.5. The molecule has 0 aliphatic rings. The van der Waals surface area contributed by atoms with E-state index in [0.29, 0.717) is 17.1 Å². The van der Waals surface area contributed by atoms with Crippen LogP contribution in [0.15, 0.2) is 4.79 Å². The van der Waals surface area contributed by atoms with Gasteiger partial charge < -0.3 is 4.90 Å². The number of nitrogens with one attached hydrogen (secondary N) is 1. The molecule has 0 aliphatic carbocycles. The smallest absolute Gasteiger partial charge is 0.281 e. The van der Waals surface area contributed by atoms with E-state index in [1.807, 2.05) is 0 Å². The van der Waals surface area contributed by atoms with Crippen LogP contribution in [0.2, 0.25) is 0 Å². The fraction of sp³-hybridized carbons (Fsp3) is 0.333. The summed E-state index contributed by atoms with van der Waals surface area (Å²) in [6.45, 7) is 0. The van der Waals surface area contributed by atoms with Crippen LogP contribution in [0.3, 0.4) is 0 Å². The maximum Gasteiger partial charge on any atom is 0.281 e. The van der Waals surface area contributed by atoms with Crippen LogP contribution in [-0.2, 0) is 0 Å². The molecule has 6 nitrogen and oxygen atoms in total. The first-order valence-corrected chi connectivity index (χ1v) is 4.31. The van der Waals surface area contributed by atoms with E-state index in [1.54, 1.807) is 19.0 Å². The molecule has 2 heterocycles. The Morgan fingerprint density at radius 3 is 2.85 bits per heavy atom. The summed E-state index contributed by atoms with van der Waals surface area (Å²) in [6, 6.07) is 0. The monoisotopic (exact) mass is 197 g/mol. The second-order valence-electron chi connectivity index (χ2n) is 2.72. The molecule has 2 aromatic heterocycles. The van der Waals surface area contributed by atoms with Gasteiger partial charge in [0.2, 0.25) is 11.6 Å². The molecule has 0 unspecified atom stereocenters. The first kappa shape index (κ1) is 8.11. The predicted molar refractivity (Wildman–Crippen MR) is 50.2 cm³/mol. The molecular formula is C6H7N5OS. The van der Waals surface area contributed by atoms with E-state index < -0.39 is 0 Å². The van der Waals surface area contributed by atoms with Gasteiger partial charge in [0.05, 0.1) is 11.7 Å². The molecule has 13 heavy (non-hydrogen) atoms. The molecule has 0 saturated carbocycles. The number of aromatic nitrogens is 4. The Bertz CT molecular complexity index is 487. The maximum absolute atomic E-state index is 11.3. The highest BCUT2D eigenvalue weighted by Crippen LogP contribution is 2.06. The second-order valence-corrected chi connectivity index (χ2v) is 3.25. The molecule has 0 aromatic carbocycles. The lowest BCUT2D eigenvalue weighted by Gasteiger charge is -2.08. The minimum atomic E-state index is -0.248. The zero-order valence-corrected chi connectivity index (χ0v) is 7.92. The molecule has 1 N–H and O–H groups in total. The molecule has 0 spiro atoms. The summed E-state index contributed by atoms with van der Waals surface area (Å²) in [4.78, 5) is 19.8. The molecule has 0 saturated heterocycles. The van der Waals surface area contributed by atoms with Gasteiger partial charge in [-0.05, 0) is 0 Å². The first-order chi connectivity index (χ1) is 6.18. The van der Waals surface area contributed by atoms with Gasteiger partial charge in [-0.25, -0.2) is 0 Å². The summed E-state index contributed by atoms with van der Waals surface area (Å²) >= 11 is 0.986. The fourth-order valence-corrected chi connectivity index (χ4v) is 1.39. The molecule has 0 aliphatic heterocycles. The highest BCUT2D eigenvalue weighted by atomic mass is 32.1. The van der Waals surface area contributed by atoms with Gasteiger partial charge in [0, 0.05) is 14.1 Å². The van der Waals surface area contributed by atoms with Crippen molar-refractivity contribution in [3.05, 3.63) is 10.4 Å². The van der Waals surface area contributed by atoms with Crippen LogP contribution < -0.4 is 10.5 Å². The van der Waals surface area contributed by atoms with Gasteiger partial charge in [0.1, 0.15) is 0 Å². The third kappa shape index (κ3) is 1.26. The number of hydrogen-bond acceptors (Lipinski definition) is 6. The Hall–Kier alpha value is -1.50. The van der Waals surface area contributed by atoms with Crippen LogP contribution >= 0.6 is 11.7 Å². The Morgan fingerprint density at radius 1 is 1.38 bits per heavy atom. The van der Waals surface area contributed by atoms with Gasteiger partial charge in [-0.1, -0.05) is 0 Å². The normalized spacial score (nSPS) is 10.6. The van der Waals surface area contributed by atoms with Gasteiger partial charge in [0.15, 0.2) is 5.52 Å². The predicted octanol–water partition coefficient (Wildman–Crippen LogP) is -0.159. The molecule has 0 atom stereocenters. The van der Waals surface area contributed by atoms with Crippen molar-refractivity contribution < 1.29 is 0 Å². The van der Waals surface area contributed by atoms with Crippen molar-refractivity contribution in [2.75, 3.05) is 19.0 Å². The standard InChI is InChI=1S/C6H7N5OS/c1-11(2)6-7-4-3(5(12)8-6)9-13-10-4/h1-2H3,(H,7,8,10,12). The molecule has 0 bridgehead atoms. The van der Waals surface area contributed by atoms with Crippen LogP contribution in [0.1, 0.15) is 0 Å². The molecule has 68 valence electrons. The number of nitrogens with zero attached hydrogens (tertiary/aromatic N) is 4. The lowest BCUT2D eigenvalue weighted by Crippen LogP contribution is -2.18. The number of fused-ring (bicyclic) bond motifs is 1. The van der Waals surface area contributed by atoms with Gasteiger partial charge in [-0.2, -0.15) is 13.7 Å². The third-order valence-electron chi connectivity index (χ3n) is 1.55. The van der Waals surface area contributed by atoms with Gasteiger partial charge in [0.25, 0.3) is 5.56 Å². The zero-order valence-electron chi connectivity index (χ0n) is 7.11. The van der Waals surface area contributed by atoms with Crippen molar-refractivity contribution in [2.24, 2.45) is 0 Å². The van der Waals surface area contributed by atoms with Crippen molar-refractivity contribution in [1.82, 2.24) is 18.7 Å². The molecule has 7 heteroatoms. The number of hydrogen-bond donors (Lipinski definition) is 1. The zero-order chi connectivity index (χ0) is 9.42. The molecule has 0 radical (unpaired) electrons. The fourth-order valence-electron chi connectivity index (χ4n) is 0.901. The Kier molecular flexibility index (Phi) is 1.73. The largest absolute Gasteiger partial charge is 0.348 e. The van der Waals surface area contributed by atoms with E-state index in [4.69, 9.17) is 0 Å². The Balaban J connectivity index is 2.77. The summed E-state index contributed by atoms with van der Waals surface area (Å²) in [5.74, 6) is 0.491. The van der Waals surface area contributed by atoms with Crippen molar-refractivity contribution in [2.45, 2.75) is 0 Å². The summed E-state index contributed by atoms with van der Waals surface area (Å²) in [6.07, 6.45) is 0. The highest BCUT2D eigenvalue weighted by Gasteiger charge is 2.07. The molecule has 2 aromatic rings. The van der Waals surface area contributed by atoms with E-state index in [1.165, 1.54) is 0 Å². The number of H-pyrrole nitrogens is 1. The van der Waals surface area contributed by atoms with Crippen LogP contribution in [0, 0.1) is 0 Å². The quantitative estimate of drug-likeness (QED) is 0.687. The minimum absolute atomic E-state index is 0.248. The maximum atomic E-state index is 11.3. The van der Waals surface area contributed by atoms with Crippen LogP contribution in [-0.4, -0.2) is 32.8 Å². The lowest BCUT2D eigenvalue weighted by molar-refractivity contribution is 0.997. The van der Waals surface area contributed by atoms with Crippen LogP contribution in [0.4, 0.5) is 5.95 Å². The van der Waals surface area contributed by atoms with E-state index in [-0.39, 0.29) is 5.56 Å². The Labute approximate surface area is 77.6 Å². The number of aromatic amines is 1. The summed E-state index contributed by atoms with van der Waals surface area (Å²) in [5, 5.41) is 0. The van der Waals surface area contributed by atoms with Crippen molar-refractivity contribution >= 4 is 28.8 Å². The number of anilines is 1. The van der Waals surface area contributed by atoms with Gasteiger partial charge in [-0.15, -0.1) is 0 Å². The van der Waals surface area contributed by atoms with E-state index in [2.05, 4.69) is 18.7 Å². The average Bonchev–Trinajstić information content (AvgIpc) is 2.51. The van der Waals surface area contributed by atoms with E-state index >= 15 is 0 Å². The van der Waals surface area contributed by atoms with Crippen molar-refractivity contribution in [3.63, 3.8) is 0 Å². The van der Waals surface area contributed by atoms with Crippen LogP contribution in [0.5, 0.6) is 0 Å². The van der Waals surface area contributed by atoms with Crippen molar-refractivity contribution in [3.8, 4) is 0 Å². The van der Waals surface area contributed by atoms with Gasteiger partial charge >= 0.3 is 0 Å². The molecule has 0 fully saturated rings. The van der Waals surface area contributed by atoms with Crippen molar-refractivity contribution in [1.29, 1.82) is 0 Å². The molecule has 0 amide bonds. The first-order valence-electron chi connectivity index (χ1n) is 3.58. The third-order valence-corrected chi connectivity index (χ3v) is 2.07. The topological polar surface area (TPSA) is 74.8 Å². The molecule has 2 rings (SSSR count). The average molecular weight is 197 g/mol. The Morgan fingerprint density at radius 2 is 2.15 bits per heavy atom. The van der Waals surface area contributed by atoms with E-state index in [9.17, 15) is 4.79 Å².